The first-order valence-corrected chi connectivity index (χ1v) is 10.0. The number of aromatic hydroxyl groups is 1. The van der Waals surface area contributed by atoms with Gasteiger partial charge in [0, 0.05) is 38.0 Å². The van der Waals surface area contributed by atoms with Crippen molar-refractivity contribution >= 4 is 12.3 Å². The van der Waals surface area contributed by atoms with Gasteiger partial charge in [0.1, 0.15) is 17.2 Å². The Bertz CT molecular complexity index is 1030. The number of hydrogen-bond donors (Lipinski definition) is 2. The van der Waals surface area contributed by atoms with E-state index in [1.165, 1.54) is 12.3 Å². The molecule has 7 nitrogen and oxygen atoms in total. The normalized spacial score (nSPS) is 13.6. The topological polar surface area (TPSA) is 91.6 Å². The number of benzene rings is 1. The van der Waals surface area contributed by atoms with Gasteiger partial charge in [-0.25, -0.2) is 8.78 Å². The van der Waals surface area contributed by atoms with E-state index in [0.717, 1.165) is 25.3 Å². The van der Waals surface area contributed by atoms with Gasteiger partial charge in [-0.3, -0.25) is 14.4 Å². The Balaban J connectivity index is 0.00000166. The summed E-state index contributed by atoms with van der Waals surface area (Å²) in [5.74, 6) is -2.91. The molecule has 3 rings (SSSR count). The quantitative estimate of drug-likeness (QED) is 0.655. The van der Waals surface area contributed by atoms with Crippen molar-refractivity contribution in [1.29, 1.82) is 0 Å². The molecular weight excluding hydrogens is 408 g/mol. The predicted octanol–water partition coefficient (Wildman–Crippen LogP) is 2.72. The molecule has 0 saturated heterocycles. The van der Waals surface area contributed by atoms with Crippen LogP contribution in [0.25, 0.3) is 0 Å². The van der Waals surface area contributed by atoms with Crippen LogP contribution in [0.15, 0.2) is 29.2 Å². The molecule has 2 amide bonds. The predicted molar refractivity (Wildman–Crippen MR) is 112 cm³/mol. The van der Waals surface area contributed by atoms with Crippen molar-refractivity contribution < 1.29 is 23.5 Å². The molecule has 1 heterocycles. The Labute approximate surface area is 179 Å². The van der Waals surface area contributed by atoms with Crippen molar-refractivity contribution in [2.75, 3.05) is 7.05 Å². The van der Waals surface area contributed by atoms with Gasteiger partial charge >= 0.3 is 0 Å². The van der Waals surface area contributed by atoms with Gasteiger partial charge < -0.3 is 19.9 Å². The average molecular weight is 435 g/mol. The highest BCUT2D eigenvalue weighted by atomic mass is 19.1. The molecule has 2 aromatic rings. The minimum Gasteiger partial charge on any atom is -0.503 e. The van der Waals surface area contributed by atoms with Crippen molar-refractivity contribution in [3.05, 3.63) is 63.1 Å². The van der Waals surface area contributed by atoms with E-state index >= 15 is 0 Å². The summed E-state index contributed by atoms with van der Waals surface area (Å²) in [6.45, 7) is 5.61. The summed E-state index contributed by atoms with van der Waals surface area (Å²) in [5.41, 5.74) is -1.23. The van der Waals surface area contributed by atoms with Crippen LogP contribution >= 0.6 is 0 Å². The number of carbonyl (C=O) groups excluding carboxylic acids is 2. The van der Waals surface area contributed by atoms with Gasteiger partial charge in [0.05, 0.1) is 11.2 Å². The van der Waals surface area contributed by atoms with E-state index < -0.39 is 34.3 Å². The Morgan fingerprint density at radius 1 is 1.32 bits per heavy atom. The fourth-order valence-corrected chi connectivity index (χ4v) is 3.20. The van der Waals surface area contributed by atoms with Gasteiger partial charge in [-0.05, 0) is 25.8 Å². The number of carbonyl (C=O) groups is 2. The molecule has 0 spiro atoms. The Kier molecular flexibility index (Phi) is 7.54. The average Bonchev–Trinajstić information content (AvgIpc) is 3.55. The first-order valence-electron chi connectivity index (χ1n) is 10.0. The van der Waals surface area contributed by atoms with Crippen LogP contribution in [0.2, 0.25) is 0 Å². The molecule has 1 saturated carbocycles. The molecule has 2 N–H and O–H groups in total. The third-order valence-electron chi connectivity index (χ3n) is 5.42. The summed E-state index contributed by atoms with van der Waals surface area (Å²) >= 11 is 0. The zero-order valence-electron chi connectivity index (χ0n) is 18.0. The van der Waals surface area contributed by atoms with E-state index in [1.54, 1.807) is 23.4 Å². The van der Waals surface area contributed by atoms with Crippen molar-refractivity contribution in [1.82, 2.24) is 14.8 Å². The smallest absolute Gasteiger partial charge is 0.257 e. The molecular formula is C22H27F2N3O4. The third kappa shape index (κ3) is 5.10. The summed E-state index contributed by atoms with van der Waals surface area (Å²) < 4.78 is 28.3. The summed E-state index contributed by atoms with van der Waals surface area (Å²) in [6.07, 6.45) is 3.57. The second kappa shape index (κ2) is 9.72. The van der Waals surface area contributed by atoms with Crippen LogP contribution in [-0.4, -0.2) is 39.5 Å². The molecule has 0 unspecified atom stereocenters. The fraction of sp³-hybridized carbons (Fsp3) is 0.409. The zero-order chi connectivity index (χ0) is 23.3. The van der Waals surface area contributed by atoms with E-state index in [1.807, 2.05) is 13.8 Å². The lowest BCUT2D eigenvalue weighted by atomic mass is 10.1. The highest BCUT2D eigenvalue weighted by Crippen LogP contribution is 2.42. The Morgan fingerprint density at radius 2 is 1.97 bits per heavy atom. The second-order valence-corrected chi connectivity index (χ2v) is 7.29. The first-order chi connectivity index (χ1) is 14.7. The number of hydrogen-bond acceptors (Lipinski definition) is 4. The molecule has 1 aromatic heterocycles. The van der Waals surface area contributed by atoms with Gasteiger partial charge in [-0.2, -0.15) is 0 Å². The Hall–Kier alpha value is -3.23. The van der Waals surface area contributed by atoms with Gasteiger partial charge in [-0.15, -0.1) is 0 Å². The molecule has 1 aliphatic carbocycles. The van der Waals surface area contributed by atoms with E-state index in [0.29, 0.717) is 12.6 Å². The molecule has 168 valence electrons. The van der Waals surface area contributed by atoms with Gasteiger partial charge in [-0.1, -0.05) is 19.9 Å². The number of pyridine rings is 1. The highest BCUT2D eigenvalue weighted by molar-refractivity contribution is 5.94. The monoisotopic (exact) mass is 435 g/mol. The SMILES string of the molecule is CC.Cc1c(O)c(=O)c(C(=O)NCc2ccc(F)cc2F)cn1CC1(N(C)C=O)CC1. The maximum Gasteiger partial charge on any atom is 0.257 e. The number of amides is 2. The van der Waals surface area contributed by atoms with Gasteiger partial charge in [0.2, 0.25) is 11.8 Å². The number of aromatic nitrogens is 1. The number of halogens is 2. The summed E-state index contributed by atoms with van der Waals surface area (Å²) in [7, 11) is 1.66. The minimum absolute atomic E-state index is 0.0564. The summed E-state index contributed by atoms with van der Waals surface area (Å²) in [4.78, 5) is 37.5. The molecule has 9 heteroatoms. The standard InChI is InChI=1S/C20H21F2N3O4.C2H6/c1-12-17(27)18(28)15(9-25(12)10-20(5-6-20)24(2)11-26)19(29)23-8-13-3-4-14(21)7-16(13)22;1-2/h3-4,7,9,11,27H,5-6,8,10H2,1-2H3,(H,23,29);1-2H3. The molecule has 0 bridgehead atoms. The van der Waals surface area contributed by atoms with Crippen molar-refractivity contribution in [3.8, 4) is 5.75 Å². The number of nitrogens with one attached hydrogen (secondary N) is 1. The maximum atomic E-state index is 13.7. The molecule has 1 aliphatic rings. The van der Waals surface area contributed by atoms with Crippen LogP contribution in [0, 0.1) is 18.6 Å². The van der Waals surface area contributed by atoms with Crippen LogP contribution in [0.4, 0.5) is 8.78 Å². The van der Waals surface area contributed by atoms with Crippen LogP contribution in [-0.2, 0) is 17.9 Å². The van der Waals surface area contributed by atoms with E-state index in [9.17, 15) is 28.3 Å². The molecule has 0 atom stereocenters. The first kappa shape index (κ1) is 24.0. The van der Waals surface area contributed by atoms with Gasteiger partial charge in [0.25, 0.3) is 5.91 Å². The third-order valence-corrected chi connectivity index (χ3v) is 5.42. The fourth-order valence-electron chi connectivity index (χ4n) is 3.20. The molecule has 0 aliphatic heterocycles. The summed E-state index contributed by atoms with van der Waals surface area (Å²) in [5, 5.41) is 12.6. The lowest BCUT2D eigenvalue weighted by Crippen LogP contribution is -2.38. The van der Waals surface area contributed by atoms with Crippen molar-refractivity contribution in [2.45, 2.75) is 52.2 Å². The Morgan fingerprint density at radius 3 is 2.52 bits per heavy atom. The largest absolute Gasteiger partial charge is 0.503 e. The summed E-state index contributed by atoms with van der Waals surface area (Å²) in [6, 6.07) is 2.96. The van der Waals surface area contributed by atoms with Crippen LogP contribution in [0.3, 0.4) is 0 Å². The lowest BCUT2D eigenvalue weighted by Gasteiger charge is -2.26. The van der Waals surface area contributed by atoms with Crippen LogP contribution in [0.1, 0.15) is 48.3 Å². The lowest BCUT2D eigenvalue weighted by molar-refractivity contribution is -0.119. The van der Waals surface area contributed by atoms with Crippen LogP contribution < -0.4 is 10.7 Å². The molecule has 1 aromatic carbocycles. The number of nitrogens with zero attached hydrogens (tertiary/aromatic N) is 2. The molecule has 31 heavy (non-hydrogen) atoms. The number of rotatable bonds is 7. The number of likely N-dealkylation sites (N-methyl/N-ethyl adjacent to an activating group) is 1. The second-order valence-electron chi connectivity index (χ2n) is 7.29. The van der Waals surface area contributed by atoms with Crippen molar-refractivity contribution in [3.63, 3.8) is 0 Å². The molecule has 0 radical (unpaired) electrons. The van der Waals surface area contributed by atoms with E-state index in [4.69, 9.17) is 0 Å². The maximum absolute atomic E-state index is 13.7. The zero-order valence-corrected chi connectivity index (χ0v) is 18.0. The van der Waals surface area contributed by atoms with E-state index in [-0.39, 0.29) is 23.4 Å². The van der Waals surface area contributed by atoms with Crippen LogP contribution in [0.5, 0.6) is 5.75 Å². The van der Waals surface area contributed by atoms with Crippen molar-refractivity contribution in [2.24, 2.45) is 0 Å². The molecule has 1 fully saturated rings. The highest BCUT2D eigenvalue weighted by Gasteiger charge is 2.46. The van der Waals surface area contributed by atoms with E-state index in [2.05, 4.69) is 5.32 Å². The van der Waals surface area contributed by atoms with Gasteiger partial charge in [0.15, 0.2) is 5.75 Å². The minimum atomic E-state index is -0.843.